The smallest absolute Gasteiger partial charge is 0.140 e. The van der Waals surface area contributed by atoms with E-state index < -0.39 is 0 Å². The number of nitrogens with zero attached hydrogens (tertiary/aromatic N) is 2. The summed E-state index contributed by atoms with van der Waals surface area (Å²) in [5, 5.41) is 1.33. The molecule has 0 N–H and O–H groups in total. The van der Waals surface area contributed by atoms with Crippen molar-refractivity contribution in [3.8, 4) is 0 Å². The van der Waals surface area contributed by atoms with Crippen LogP contribution in [-0.4, -0.2) is 9.97 Å². The Morgan fingerprint density at radius 2 is 1.93 bits per heavy atom. The van der Waals surface area contributed by atoms with Crippen LogP contribution in [0.25, 0.3) is 10.9 Å². The zero-order valence-corrected chi connectivity index (χ0v) is 11.1. The molecule has 1 aromatic heterocycles. The van der Waals surface area contributed by atoms with Gasteiger partial charge in [0, 0.05) is 14.3 Å². The Balaban J connectivity index is 2.94. The number of fused-ring (bicyclic) bond motifs is 1. The lowest BCUT2D eigenvalue weighted by Gasteiger charge is -2.03. The normalized spacial score (nSPS) is 10.9. The Kier molecular flexibility index (Phi) is 2.77. The second-order valence-corrected chi connectivity index (χ2v) is 4.97. The van der Waals surface area contributed by atoms with E-state index in [4.69, 9.17) is 11.6 Å². The van der Waals surface area contributed by atoms with Gasteiger partial charge < -0.3 is 0 Å². The molecule has 0 atom stereocenters. The molecule has 0 amide bonds. The molecule has 5 heteroatoms. The van der Waals surface area contributed by atoms with Crippen LogP contribution in [0.4, 0.5) is 0 Å². The molecular weight excluding hydrogens is 331 g/mol. The van der Waals surface area contributed by atoms with Gasteiger partial charge in [-0.15, -0.1) is 0 Å². The summed E-state index contributed by atoms with van der Waals surface area (Å²) in [6, 6.07) is 3.84. The highest BCUT2D eigenvalue weighted by molar-refractivity contribution is 9.11. The van der Waals surface area contributed by atoms with Crippen molar-refractivity contribution >= 4 is 54.4 Å². The van der Waals surface area contributed by atoms with Crippen LogP contribution in [0.1, 0.15) is 5.82 Å². The maximum absolute atomic E-state index is 6.01. The topological polar surface area (TPSA) is 25.8 Å². The first-order chi connectivity index (χ1) is 6.58. The minimum atomic E-state index is 0.481. The van der Waals surface area contributed by atoms with Crippen molar-refractivity contribution in [2.75, 3.05) is 0 Å². The Labute approximate surface area is 103 Å². The lowest BCUT2D eigenvalue weighted by Crippen LogP contribution is -1.91. The molecule has 0 fully saturated rings. The molecule has 0 aliphatic heterocycles. The first-order valence-corrected chi connectivity index (χ1v) is 5.83. The summed E-state index contributed by atoms with van der Waals surface area (Å²) in [5.41, 5.74) is 0.839. The lowest BCUT2D eigenvalue weighted by atomic mass is 10.2. The minimum Gasteiger partial charge on any atom is -0.232 e. The summed E-state index contributed by atoms with van der Waals surface area (Å²) in [4.78, 5) is 8.41. The number of hydrogen-bond donors (Lipinski definition) is 0. The van der Waals surface area contributed by atoms with Gasteiger partial charge in [0.1, 0.15) is 11.0 Å². The summed E-state index contributed by atoms with van der Waals surface area (Å²) in [6.45, 7) is 1.82. The molecule has 0 saturated heterocycles. The zero-order chi connectivity index (χ0) is 10.3. The van der Waals surface area contributed by atoms with Crippen molar-refractivity contribution in [2.24, 2.45) is 0 Å². The standard InChI is InChI=1S/C9H5Br2ClN2/c1-4-13-8-6(9(12)14-4)2-5(10)3-7(8)11/h2-3H,1H3. The predicted octanol–water partition coefficient (Wildman–Crippen LogP) is 4.12. The minimum absolute atomic E-state index is 0.481. The molecule has 0 bridgehead atoms. The van der Waals surface area contributed by atoms with Crippen molar-refractivity contribution in [1.29, 1.82) is 0 Å². The van der Waals surface area contributed by atoms with E-state index >= 15 is 0 Å². The summed E-state index contributed by atoms with van der Waals surface area (Å²) in [7, 11) is 0. The summed E-state index contributed by atoms with van der Waals surface area (Å²) in [6.07, 6.45) is 0. The molecule has 0 aliphatic rings. The van der Waals surface area contributed by atoms with E-state index in [2.05, 4.69) is 41.8 Å². The fraction of sp³-hybridized carbons (Fsp3) is 0.111. The Bertz CT molecular complexity index is 466. The van der Waals surface area contributed by atoms with Crippen molar-refractivity contribution in [3.05, 3.63) is 32.1 Å². The monoisotopic (exact) mass is 334 g/mol. The van der Waals surface area contributed by atoms with Gasteiger partial charge in [0.2, 0.25) is 0 Å². The quantitative estimate of drug-likeness (QED) is 0.677. The number of aromatic nitrogens is 2. The molecule has 1 heterocycles. The molecular formula is C9H5Br2ClN2. The van der Waals surface area contributed by atoms with Crippen LogP contribution in [0, 0.1) is 6.92 Å². The molecule has 0 unspecified atom stereocenters. The molecule has 0 spiro atoms. The van der Waals surface area contributed by atoms with Crippen LogP contribution in [0.3, 0.4) is 0 Å². The van der Waals surface area contributed by atoms with E-state index in [-0.39, 0.29) is 0 Å². The third-order valence-electron chi connectivity index (χ3n) is 1.78. The lowest BCUT2D eigenvalue weighted by molar-refractivity contribution is 1.09. The highest BCUT2D eigenvalue weighted by Gasteiger charge is 2.07. The summed E-state index contributed by atoms with van der Waals surface area (Å²) < 4.78 is 1.86. The van der Waals surface area contributed by atoms with Crippen LogP contribution < -0.4 is 0 Å². The second kappa shape index (κ2) is 3.76. The average molecular weight is 336 g/mol. The van der Waals surface area contributed by atoms with Gasteiger partial charge in [-0.3, -0.25) is 0 Å². The van der Waals surface area contributed by atoms with Gasteiger partial charge in [-0.05, 0) is 35.0 Å². The largest absolute Gasteiger partial charge is 0.232 e. The first-order valence-electron chi connectivity index (χ1n) is 3.87. The van der Waals surface area contributed by atoms with Crippen molar-refractivity contribution < 1.29 is 0 Å². The molecule has 1 aromatic carbocycles. The highest BCUT2D eigenvalue weighted by Crippen LogP contribution is 2.30. The number of hydrogen-bond acceptors (Lipinski definition) is 2. The van der Waals surface area contributed by atoms with E-state index in [1.54, 1.807) is 0 Å². The first kappa shape index (κ1) is 10.3. The van der Waals surface area contributed by atoms with E-state index in [0.29, 0.717) is 11.0 Å². The van der Waals surface area contributed by atoms with Crippen LogP contribution in [0.2, 0.25) is 5.15 Å². The third kappa shape index (κ3) is 1.78. The van der Waals surface area contributed by atoms with E-state index in [1.807, 2.05) is 19.1 Å². The van der Waals surface area contributed by atoms with Crippen LogP contribution in [-0.2, 0) is 0 Å². The van der Waals surface area contributed by atoms with Gasteiger partial charge in [-0.1, -0.05) is 27.5 Å². The predicted molar refractivity (Wildman–Crippen MR) is 64.7 cm³/mol. The summed E-state index contributed by atoms with van der Waals surface area (Å²) in [5.74, 6) is 0.672. The van der Waals surface area contributed by atoms with Crippen LogP contribution in [0.15, 0.2) is 21.1 Å². The average Bonchev–Trinajstić information content (AvgIpc) is 2.07. The number of halogens is 3. The number of aryl methyl sites for hydroxylation is 1. The SMILES string of the molecule is Cc1nc(Cl)c2cc(Br)cc(Br)c2n1. The molecule has 0 saturated carbocycles. The van der Waals surface area contributed by atoms with Crippen molar-refractivity contribution in [3.63, 3.8) is 0 Å². The van der Waals surface area contributed by atoms with Crippen molar-refractivity contribution in [2.45, 2.75) is 6.92 Å². The van der Waals surface area contributed by atoms with Gasteiger partial charge in [-0.2, -0.15) is 0 Å². The molecule has 2 aromatic rings. The van der Waals surface area contributed by atoms with Crippen molar-refractivity contribution in [1.82, 2.24) is 9.97 Å². The van der Waals surface area contributed by atoms with Gasteiger partial charge in [-0.25, -0.2) is 9.97 Å². The molecule has 2 rings (SSSR count). The number of benzene rings is 1. The Hall–Kier alpha value is -0.190. The molecule has 0 radical (unpaired) electrons. The molecule has 0 aliphatic carbocycles. The molecule has 14 heavy (non-hydrogen) atoms. The second-order valence-electron chi connectivity index (χ2n) is 2.85. The van der Waals surface area contributed by atoms with E-state index in [0.717, 1.165) is 19.8 Å². The summed E-state index contributed by atoms with van der Waals surface area (Å²) >= 11 is 12.8. The Morgan fingerprint density at radius 3 is 2.64 bits per heavy atom. The maximum Gasteiger partial charge on any atom is 0.140 e. The van der Waals surface area contributed by atoms with Gasteiger partial charge in [0.05, 0.1) is 5.52 Å². The fourth-order valence-corrected chi connectivity index (χ4v) is 2.81. The third-order valence-corrected chi connectivity index (χ3v) is 3.13. The fourth-order valence-electron chi connectivity index (χ4n) is 1.23. The van der Waals surface area contributed by atoms with E-state index in [9.17, 15) is 0 Å². The zero-order valence-electron chi connectivity index (χ0n) is 7.18. The van der Waals surface area contributed by atoms with Gasteiger partial charge in [0.15, 0.2) is 0 Å². The number of rotatable bonds is 0. The highest BCUT2D eigenvalue weighted by atomic mass is 79.9. The van der Waals surface area contributed by atoms with Crippen LogP contribution >= 0.6 is 43.5 Å². The maximum atomic E-state index is 6.01. The van der Waals surface area contributed by atoms with Gasteiger partial charge >= 0.3 is 0 Å². The van der Waals surface area contributed by atoms with Crippen LogP contribution in [0.5, 0.6) is 0 Å². The Morgan fingerprint density at radius 1 is 1.21 bits per heavy atom. The van der Waals surface area contributed by atoms with E-state index in [1.165, 1.54) is 0 Å². The molecule has 72 valence electrons. The van der Waals surface area contributed by atoms with Gasteiger partial charge in [0.25, 0.3) is 0 Å². The molecule has 2 nitrogen and oxygen atoms in total.